The Morgan fingerprint density at radius 2 is 1.62 bits per heavy atom. The number of oxime groups is 1. The number of alkyl halides is 3. The molecule has 3 aromatic rings. The SMILES string of the molecule is Cn1c(C(=NOC(=O)C(C)(C)C)c2ccc(C(F)(F)F)cc2)cc2ccccc21. The van der Waals surface area contributed by atoms with Crippen molar-refractivity contribution >= 4 is 22.6 Å². The predicted octanol–water partition coefficient (Wildman–Crippen LogP) is 5.54. The Labute approximate surface area is 166 Å². The second-order valence-electron chi connectivity index (χ2n) is 7.79. The highest BCUT2D eigenvalue weighted by Crippen LogP contribution is 2.30. The fraction of sp³-hybridized carbons (Fsp3) is 0.273. The van der Waals surface area contributed by atoms with Crippen LogP contribution >= 0.6 is 0 Å². The lowest BCUT2D eigenvalue weighted by Gasteiger charge is -2.15. The number of halogens is 3. The van der Waals surface area contributed by atoms with Gasteiger partial charge in [-0.2, -0.15) is 13.2 Å². The number of rotatable bonds is 3. The van der Waals surface area contributed by atoms with Crippen LogP contribution in [0.5, 0.6) is 0 Å². The summed E-state index contributed by atoms with van der Waals surface area (Å²) < 4.78 is 40.6. The van der Waals surface area contributed by atoms with Gasteiger partial charge < -0.3 is 9.40 Å². The van der Waals surface area contributed by atoms with E-state index in [1.54, 1.807) is 20.8 Å². The van der Waals surface area contributed by atoms with E-state index in [2.05, 4.69) is 5.16 Å². The van der Waals surface area contributed by atoms with Crippen molar-refractivity contribution in [3.05, 3.63) is 71.4 Å². The van der Waals surface area contributed by atoms with Gasteiger partial charge in [-0.3, -0.25) is 0 Å². The molecule has 0 radical (unpaired) electrons. The Morgan fingerprint density at radius 3 is 2.17 bits per heavy atom. The maximum Gasteiger partial charge on any atom is 0.416 e. The highest BCUT2D eigenvalue weighted by molar-refractivity contribution is 6.14. The average Bonchev–Trinajstić information content (AvgIpc) is 2.98. The molecule has 152 valence electrons. The minimum Gasteiger partial charge on any atom is -0.342 e. The minimum atomic E-state index is -4.44. The maximum absolute atomic E-state index is 12.9. The molecule has 0 aliphatic carbocycles. The van der Waals surface area contributed by atoms with E-state index < -0.39 is 23.1 Å². The van der Waals surface area contributed by atoms with Crippen LogP contribution in [0.2, 0.25) is 0 Å². The molecule has 1 aromatic heterocycles. The van der Waals surface area contributed by atoms with Crippen molar-refractivity contribution in [1.29, 1.82) is 0 Å². The average molecular weight is 402 g/mol. The Morgan fingerprint density at radius 1 is 1.00 bits per heavy atom. The zero-order chi connectivity index (χ0) is 21.4. The predicted molar refractivity (Wildman–Crippen MR) is 106 cm³/mol. The van der Waals surface area contributed by atoms with Crippen LogP contribution in [0.25, 0.3) is 10.9 Å². The fourth-order valence-corrected chi connectivity index (χ4v) is 2.80. The van der Waals surface area contributed by atoms with Crippen LogP contribution in [0.3, 0.4) is 0 Å². The van der Waals surface area contributed by atoms with Crippen LogP contribution in [-0.2, 0) is 22.9 Å². The van der Waals surface area contributed by atoms with Crippen molar-refractivity contribution < 1.29 is 22.8 Å². The Bertz CT molecular complexity index is 1070. The Balaban J connectivity index is 2.11. The Kier molecular flexibility index (Phi) is 5.26. The molecule has 0 aliphatic heterocycles. The summed E-state index contributed by atoms with van der Waals surface area (Å²) in [5, 5.41) is 4.98. The van der Waals surface area contributed by atoms with Gasteiger partial charge in [0, 0.05) is 23.5 Å². The van der Waals surface area contributed by atoms with Crippen LogP contribution in [0.1, 0.15) is 37.6 Å². The molecule has 1 heterocycles. The van der Waals surface area contributed by atoms with Gasteiger partial charge in [-0.05, 0) is 45.0 Å². The first-order valence-corrected chi connectivity index (χ1v) is 9.00. The molecule has 7 heteroatoms. The maximum atomic E-state index is 12.9. The number of aryl methyl sites for hydroxylation is 1. The molecule has 0 saturated heterocycles. The zero-order valence-corrected chi connectivity index (χ0v) is 16.5. The van der Waals surface area contributed by atoms with E-state index in [-0.39, 0.29) is 5.71 Å². The van der Waals surface area contributed by atoms with E-state index in [9.17, 15) is 18.0 Å². The molecule has 0 unspecified atom stereocenters. The van der Waals surface area contributed by atoms with Crippen molar-refractivity contribution in [1.82, 2.24) is 4.57 Å². The van der Waals surface area contributed by atoms with E-state index in [4.69, 9.17) is 4.84 Å². The summed E-state index contributed by atoms with van der Waals surface area (Å²) in [6.07, 6.45) is -4.44. The first kappa shape index (κ1) is 20.6. The molecular weight excluding hydrogens is 381 g/mol. The number of para-hydroxylation sites is 1. The molecule has 2 aromatic carbocycles. The van der Waals surface area contributed by atoms with E-state index in [0.717, 1.165) is 23.0 Å². The van der Waals surface area contributed by atoms with Crippen molar-refractivity contribution in [3.63, 3.8) is 0 Å². The largest absolute Gasteiger partial charge is 0.416 e. The number of hydrogen-bond acceptors (Lipinski definition) is 3. The van der Waals surface area contributed by atoms with Gasteiger partial charge in [0.15, 0.2) is 0 Å². The summed E-state index contributed by atoms with van der Waals surface area (Å²) in [4.78, 5) is 17.3. The van der Waals surface area contributed by atoms with Crippen molar-refractivity contribution in [3.8, 4) is 0 Å². The fourth-order valence-electron chi connectivity index (χ4n) is 2.80. The van der Waals surface area contributed by atoms with Gasteiger partial charge in [-0.1, -0.05) is 35.5 Å². The lowest BCUT2D eigenvalue weighted by Crippen LogP contribution is -2.22. The van der Waals surface area contributed by atoms with Gasteiger partial charge in [-0.15, -0.1) is 0 Å². The second kappa shape index (κ2) is 7.39. The number of carbonyl (C=O) groups excluding carboxylic acids is 1. The summed E-state index contributed by atoms with van der Waals surface area (Å²) in [6, 6.07) is 14.1. The number of benzene rings is 2. The minimum absolute atomic E-state index is 0.273. The lowest BCUT2D eigenvalue weighted by molar-refractivity contribution is -0.152. The quantitative estimate of drug-likeness (QED) is 0.328. The van der Waals surface area contributed by atoms with E-state index in [1.807, 2.05) is 41.9 Å². The van der Waals surface area contributed by atoms with Crippen LogP contribution in [-0.4, -0.2) is 16.2 Å². The van der Waals surface area contributed by atoms with Gasteiger partial charge in [0.05, 0.1) is 16.7 Å². The standard InChI is InChI=1S/C22H21F3N2O2/c1-21(2,3)20(28)29-26-19(14-9-11-16(12-10-14)22(23,24)25)18-13-15-7-5-6-8-17(15)27(18)4/h5-13H,1-4H3. The number of fused-ring (bicyclic) bond motifs is 1. The number of hydrogen-bond donors (Lipinski definition) is 0. The van der Waals surface area contributed by atoms with Crippen LogP contribution in [0.15, 0.2) is 59.8 Å². The first-order chi connectivity index (χ1) is 13.5. The smallest absolute Gasteiger partial charge is 0.342 e. The lowest BCUT2D eigenvalue weighted by atomic mass is 9.98. The first-order valence-electron chi connectivity index (χ1n) is 9.00. The molecule has 3 rings (SSSR count). The molecule has 0 bridgehead atoms. The van der Waals surface area contributed by atoms with Gasteiger partial charge in [-0.25, -0.2) is 4.79 Å². The van der Waals surface area contributed by atoms with Crippen molar-refractivity contribution in [2.75, 3.05) is 0 Å². The van der Waals surface area contributed by atoms with Crippen LogP contribution in [0.4, 0.5) is 13.2 Å². The third-order valence-electron chi connectivity index (χ3n) is 4.51. The highest BCUT2D eigenvalue weighted by Gasteiger charge is 2.30. The molecule has 0 spiro atoms. The van der Waals surface area contributed by atoms with Crippen LogP contribution < -0.4 is 0 Å². The van der Waals surface area contributed by atoms with E-state index in [0.29, 0.717) is 11.3 Å². The van der Waals surface area contributed by atoms with Gasteiger partial charge in [0.25, 0.3) is 0 Å². The molecule has 0 amide bonds. The summed E-state index contributed by atoms with van der Waals surface area (Å²) >= 11 is 0. The zero-order valence-electron chi connectivity index (χ0n) is 16.5. The van der Waals surface area contributed by atoms with Crippen molar-refractivity contribution in [2.45, 2.75) is 26.9 Å². The van der Waals surface area contributed by atoms with Gasteiger partial charge in [0.2, 0.25) is 0 Å². The number of carbonyl (C=O) groups is 1. The molecule has 0 saturated carbocycles. The topological polar surface area (TPSA) is 43.6 Å². The number of nitrogens with zero attached hydrogens (tertiary/aromatic N) is 2. The van der Waals surface area contributed by atoms with E-state index >= 15 is 0 Å². The third-order valence-corrected chi connectivity index (χ3v) is 4.51. The molecule has 0 N–H and O–H groups in total. The van der Waals surface area contributed by atoms with Crippen LogP contribution in [0, 0.1) is 5.41 Å². The van der Waals surface area contributed by atoms with Crippen molar-refractivity contribution in [2.24, 2.45) is 17.6 Å². The number of aromatic nitrogens is 1. The molecule has 0 atom stereocenters. The normalized spacial score (nSPS) is 13.0. The Hall–Kier alpha value is -3.09. The summed E-state index contributed by atoms with van der Waals surface area (Å²) in [7, 11) is 1.82. The molecule has 4 nitrogen and oxygen atoms in total. The molecule has 0 aliphatic rings. The summed E-state index contributed by atoms with van der Waals surface area (Å²) in [6.45, 7) is 5.08. The molecular formula is C22H21F3N2O2. The summed E-state index contributed by atoms with van der Waals surface area (Å²) in [5.41, 5.74) is 0.690. The third kappa shape index (κ3) is 4.34. The molecule has 0 fully saturated rings. The highest BCUT2D eigenvalue weighted by atomic mass is 19.4. The summed E-state index contributed by atoms with van der Waals surface area (Å²) in [5.74, 6) is -0.541. The monoisotopic (exact) mass is 402 g/mol. The second-order valence-corrected chi connectivity index (χ2v) is 7.79. The van der Waals surface area contributed by atoms with E-state index in [1.165, 1.54) is 12.1 Å². The molecule has 29 heavy (non-hydrogen) atoms. The van der Waals surface area contributed by atoms with Gasteiger partial charge >= 0.3 is 12.1 Å². The van der Waals surface area contributed by atoms with Gasteiger partial charge in [0.1, 0.15) is 5.71 Å².